The number of carbonyl (C=O) groups excluding carboxylic acids is 3. The second kappa shape index (κ2) is 39.6. The lowest BCUT2D eigenvalue weighted by atomic mass is 9.80. The number of amides is 2. The van der Waals surface area contributed by atoms with Crippen LogP contribution in [0.1, 0.15) is 149 Å². The van der Waals surface area contributed by atoms with Crippen molar-refractivity contribution in [2.75, 3.05) is 81.8 Å². The molecule has 2 amide bonds. The van der Waals surface area contributed by atoms with Gasteiger partial charge in [0.1, 0.15) is 56.7 Å². The summed E-state index contributed by atoms with van der Waals surface area (Å²) in [6.07, 6.45) is 9.84. The summed E-state index contributed by atoms with van der Waals surface area (Å²) in [5.41, 5.74) is 34.0. The Hall–Kier alpha value is -7.50. The number of anilines is 3. The first-order valence-corrected chi connectivity index (χ1v) is 34.9. The van der Waals surface area contributed by atoms with Crippen LogP contribution in [0.2, 0.25) is 5.15 Å². The highest BCUT2D eigenvalue weighted by Crippen LogP contribution is 2.37. The Labute approximate surface area is 591 Å². The predicted octanol–water partition coefficient (Wildman–Crippen LogP) is 14.6. The van der Waals surface area contributed by atoms with Crippen molar-refractivity contribution in [3.05, 3.63) is 174 Å². The number of nitrogens with zero attached hydrogens (tertiary/aromatic N) is 9. The largest absolute Gasteiger partial charge is 0.444 e. The molecule has 0 aliphatic carbocycles. The van der Waals surface area contributed by atoms with E-state index in [0.29, 0.717) is 91.0 Å². The third kappa shape index (κ3) is 26.8. The minimum Gasteiger partial charge on any atom is -0.444 e. The van der Waals surface area contributed by atoms with E-state index >= 15 is 0 Å². The molecule has 4 aliphatic heterocycles. The van der Waals surface area contributed by atoms with Crippen LogP contribution in [0, 0.1) is 62.2 Å². The Bertz CT molecular complexity index is 3480. The molecule has 2 unspecified atom stereocenters. The van der Waals surface area contributed by atoms with Gasteiger partial charge in [-0.3, -0.25) is 4.79 Å². The van der Waals surface area contributed by atoms with Crippen LogP contribution in [0.4, 0.5) is 27.0 Å². The van der Waals surface area contributed by atoms with Crippen LogP contribution in [-0.2, 0) is 20.7 Å². The van der Waals surface area contributed by atoms with Gasteiger partial charge in [0.2, 0.25) is 0 Å². The average molecular weight is 1460 g/mol. The van der Waals surface area contributed by atoms with Gasteiger partial charge in [-0.25, -0.2) is 29.5 Å². The van der Waals surface area contributed by atoms with Crippen LogP contribution >= 0.6 is 43.5 Å². The number of nitrogens with one attached hydrogen (secondary N) is 1. The maximum atomic E-state index is 12.1. The number of nitrogen functional groups attached to an aromatic ring is 2. The molecule has 4 fully saturated rings. The highest BCUT2D eigenvalue weighted by Gasteiger charge is 2.30. The van der Waals surface area contributed by atoms with E-state index in [2.05, 4.69) is 137 Å². The van der Waals surface area contributed by atoms with Gasteiger partial charge in [-0.1, -0.05) is 131 Å². The van der Waals surface area contributed by atoms with Crippen molar-refractivity contribution in [2.24, 2.45) is 23.3 Å². The first kappa shape index (κ1) is 79.2. The normalized spacial score (nSPS) is 15.6. The number of ketones is 1. The van der Waals surface area contributed by atoms with Gasteiger partial charge in [-0.2, -0.15) is 10.5 Å². The number of benzene rings is 4. The molecule has 6 heterocycles. The fourth-order valence-corrected chi connectivity index (χ4v) is 12.0. The number of aryl methyl sites for hydroxylation is 4. The maximum absolute atomic E-state index is 12.1. The van der Waals surface area contributed by atoms with Crippen LogP contribution in [-0.4, -0.2) is 124 Å². The number of likely N-dealkylation sites (tertiary alicyclic amines) is 2. The summed E-state index contributed by atoms with van der Waals surface area (Å²) in [5.74, 6) is 4.29. The van der Waals surface area contributed by atoms with Gasteiger partial charge < -0.3 is 52.4 Å². The molecule has 9 N–H and O–H groups in total. The topological polar surface area (TPSA) is 295 Å². The summed E-state index contributed by atoms with van der Waals surface area (Å²) in [4.78, 5) is 55.9. The van der Waals surface area contributed by atoms with Crippen molar-refractivity contribution >= 4 is 84.5 Å². The van der Waals surface area contributed by atoms with Gasteiger partial charge in [0.25, 0.3) is 0 Å². The molecule has 0 bridgehead atoms. The van der Waals surface area contributed by atoms with Gasteiger partial charge in [0, 0.05) is 52.1 Å². The molecule has 2 atom stereocenters. The highest BCUT2D eigenvalue weighted by molar-refractivity contribution is 9.11. The molecular formula is C74H99Br2ClN14O5. The SMILES string of the molecule is CC(C)(C)OC(=O)N1CCC(=O)CC1.Cc1ccc(C(C#N)=C2CCN(C(=O)OC(C)(C)C)CC2)cc1.Cc1ccc(C(CN)C2CCN(c3ncnc(N)c3Br)CC2)cc1.Cc1ccc(C(CN)C2CCNCC2)cc1.Cc1ccc(CC#N)cc1.Nc1ncnc(Cl)c1Br. The zero-order chi connectivity index (χ0) is 70.5. The van der Waals surface area contributed by atoms with Crippen LogP contribution in [0.25, 0.3) is 5.57 Å². The van der Waals surface area contributed by atoms with Gasteiger partial charge >= 0.3 is 12.2 Å². The van der Waals surface area contributed by atoms with E-state index in [-0.39, 0.29) is 18.0 Å². The van der Waals surface area contributed by atoms with Crippen molar-refractivity contribution in [1.82, 2.24) is 35.1 Å². The van der Waals surface area contributed by atoms with Crippen molar-refractivity contribution in [3.63, 3.8) is 0 Å². The number of allylic oxidation sites excluding steroid dienone is 1. The Balaban J connectivity index is 0.000000215. The summed E-state index contributed by atoms with van der Waals surface area (Å²) < 4.78 is 11.9. The number of nitriles is 2. The quantitative estimate of drug-likeness (QED) is 0.0664. The zero-order valence-corrected chi connectivity index (χ0v) is 61.6. The second-order valence-electron chi connectivity index (χ2n) is 26.4. The fraction of sp³-hybridized carbons (Fsp3) is 0.473. The average Bonchev–Trinajstić information content (AvgIpc) is 0.935. The van der Waals surface area contributed by atoms with Crippen LogP contribution in [0.5, 0.6) is 0 Å². The van der Waals surface area contributed by atoms with Crippen LogP contribution in [0.3, 0.4) is 0 Å². The number of aromatic nitrogens is 4. The second-order valence-corrected chi connectivity index (χ2v) is 28.4. The van der Waals surface area contributed by atoms with Crippen molar-refractivity contribution in [2.45, 2.75) is 150 Å². The number of piperidine rings is 4. The number of halogens is 3. The van der Waals surface area contributed by atoms with Gasteiger partial charge in [-0.05, 0) is 217 Å². The smallest absolute Gasteiger partial charge is 0.410 e. The van der Waals surface area contributed by atoms with Crippen molar-refractivity contribution in [3.8, 4) is 12.1 Å². The Morgan fingerprint density at radius 2 is 1.01 bits per heavy atom. The molecule has 2 aromatic heterocycles. The van der Waals surface area contributed by atoms with Crippen molar-refractivity contribution in [1.29, 1.82) is 10.5 Å². The number of Topliss-reactive ketones (excluding diaryl/α,β-unsaturated/α-hetero) is 1. The number of nitrogens with two attached hydrogens (primary N) is 4. The van der Waals surface area contributed by atoms with E-state index in [4.69, 9.17) is 49.3 Å². The number of ether oxygens (including phenoxy) is 2. The molecule has 10 rings (SSSR count). The van der Waals surface area contributed by atoms with E-state index < -0.39 is 11.2 Å². The summed E-state index contributed by atoms with van der Waals surface area (Å²) in [7, 11) is 0. The first-order chi connectivity index (χ1) is 45.6. The number of hydrogen-bond acceptors (Lipinski definition) is 17. The highest BCUT2D eigenvalue weighted by atomic mass is 79.9. The lowest BCUT2D eigenvalue weighted by Gasteiger charge is -2.37. The molecular weight excluding hydrogens is 1360 g/mol. The van der Waals surface area contributed by atoms with E-state index in [9.17, 15) is 19.6 Å². The van der Waals surface area contributed by atoms with Gasteiger partial charge in [0.05, 0.1) is 28.6 Å². The lowest BCUT2D eigenvalue weighted by molar-refractivity contribution is -0.121. The third-order valence-corrected chi connectivity index (χ3v) is 18.7. The van der Waals surface area contributed by atoms with E-state index in [0.717, 1.165) is 96.9 Å². The standard InChI is InChI=1S/C19H24N2O2.C18H24BrN5.C14H22N2.C10H17NO3.C9H9N.C4H3BrClN3/c1-14-5-7-15(8-6-14)17(13-20)16-9-11-21(12-10-16)18(22)23-19(2,3)4;1-12-2-4-13(5-3-12)15(10-20)14-6-8-24(9-7-14)18-16(19)17(21)22-11-23-18;1-11-2-4-12(5-3-11)14(10-15)13-6-8-16-9-7-13;1-10(2,3)14-9(13)11-6-4-8(12)5-7-11;1-8-2-4-9(5-3-8)6-7-10;5-2-3(6)8-1-9-4(2)7/h5-8H,9-12H2,1-4H3;2-5,11,14-15H,6-10,20H2,1H3,(H2,21,22,23);2-5,13-14,16H,6-10,15H2,1H3;4-7H2,1-3H3;2-5H,6H2,1H3;1H,(H2,7,8,9). The lowest BCUT2D eigenvalue weighted by Crippen LogP contribution is -2.41. The Morgan fingerprint density at radius 3 is 1.42 bits per heavy atom. The minimum absolute atomic E-state index is 0.227. The van der Waals surface area contributed by atoms with Gasteiger partial charge in [0.15, 0.2) is 0 Å². The van der Waals surface area contributed by atoms with E-state index in [1.165, 1.54) is 58.9 Å². The Kier molecular flexibility index (Phi) is 32.7. The molecule has 19 nitrogen and oxygen atoms in total. The number of rotatable bonds is 9. The zero-order valence-electron chi connectivity index (χ0n) is 57.6. The Morgan fingerprint density at radius 1 is 0.604 bits per heavy atom. The van der Waals surface area contributed by atoms with E-state index in [1.807, 2.05) is 104 Å². The summed E-state index contributed by atoms with van der Waals surface area (Å²) in [5, 5.41) is 21.6. The molecule has 22 heteroatoms. The molecule has 4 aliphatic rings. The van der Waals surface area contributed by atoms with E-state index in [1.54, 1.807) is 9.80 Å². The van der Waals surface area contributed by atoms with Crippen LogP contribution in [0.15, 0.2) is 124 Å². The number of carbonyl (C=O) groups is 3. The monoisotopic (exact) mass is 1460 g/mol. The molecule has 96 heavy (non-hydrogen) atoms. The molecule has 4 saturated heterocycles. The maximum Gasteiger partial charge on any atom is 0.410 e. The molecule has 0 radical (unpaired) electrons. The third-order valence-electron chi connectivity index (χ3n) is 16.7. The molecule has 516 valence electrons. The summed E-state index contributed by atoms with van der Waals surface area (Å²) in [6.45, 7) is 27.3. The van der Waals surface area contributed by atoms with Crippen molar-refractivity contribution < 1.29 is 23.9 Å². The summed E-state index contributed by atoms with van der Waals surface area (Å²) >= 11 is 12.1. The first-order valence-electron chi connectivity index (χ1n) is 32.9. The fourth-order valence-electron chi connectivity index (χ4n) is 11.2. The summed E-state index contributed by atoms with van der Waals surface area (Å²) in [6, 6.07) is 38.1. The van der Waals surface area contributed by atoms with Gasteiger partial charge in [-0.15, -0.1) is 0 Å². The molecule has 0 spiro atoms. The molecule has 0 saturated carbocycles. The predicted molar refractivity (Wildman–Crippen MR) is 393 cm³/mol. The molecule has 6 aromatic rings. The van der Waals surface area contributed by atoms with Crippen LogP contribution < -0.4 is 33.2 Å². The molecule has 4 aromatic carbocycles. The number of hydrogen-bond donors (Lipinski definition) is 5. The minimum atomic E-state index is -0.479.